The average Bonchev–Trinajstić information content (AvgIpc) is 3.03. The number of carbonyl (C=O) groups excluding carboxylic acids is 1. The second-order valence-electron chi connectivity index (χ2n) is 5.72. The topological polar surface area (TPSA) is 51.2 Å². The van der Waals surface area contributed by atoms with Crippen LogP contribution >= 0.6 is 0 Å². The van der Waals surface area contributed by atoms with E-state index in [0.29, 0.717) is 12.5 Å². The van der Waals surface area contributed by atoms with Gasteiger partial charge in [-0.05, 0) is 12.8 Å². The third kappa shape index (κ3) is 6.30. The molecule has 0 saturated carbocycles. The molecule has 0 aromatic carbocycles. The fraction of sp³-hybridized carbons (Fsp3) is 0.933. The average molecular weight is 300 g/mol. The second kappa shape index (κ2) is 9.35. The number of carbonyl (C=O) groups is 1. The predicted molar refractivity (Wildman–Crippen MR) is 79.3 cm³/mol. The molecule has 0 spiro atoms. The summed E-state index contributed by atoms with van der Waals surface area (Å²) in [6.45, 7) is 8.20. The van der Waals surface area contributed by atoms with E-state index in [2.05, 4.69) is 9.80 Å². The molecule has 6 nitrogen and oxygen atoms in total. The van der Waals surface area contributed by atoms with E-state index in [4.69, 9.17) is 14.2 Å². The molecule has 2 aliphatic heterocycles. The lowest BCUT2D eigenvalue weighted by Crippen LogP contribution is -2.43. The molecule has 2 saturated heterocycles. The Labute approximate surface area is 127 Å². The number of nitrogens with zero attached hydrogens (tertiary/aromatic N) is 2. The third-order valence-corrected chi connectivity index (χ3v) is 4.18. The van der Waals surface area contributed by atoms with Gasteiger partial charge in [-0.2, -0.15) is 0 Å². The highest BCUT2D eigenvalue weighted by Gasteiger charge is 2.20. The minimum Gasteiger partial charge on any atom is -0.469 e. The first-order valence-corrected chi connectivity index (χ1v) is 7.99. The van der Waals surface area contributed by atoms with Gasteiger partial charge in [0.15, 0.2) is 0 Å². The fourth-order valence-corrected chi connectivity index (χ4v) is 2.83. The highest BCUT2D eigenvalue weighted by atomic mass is 16.5. The van der Waals surface area contributed by atoms with Crippen molar-refractivity contribution in [2.75, 3.05) is 66.2 Å². The number of ether oxygens (including phenoxy) is 3. The smallest absolute Gasteiger partial charge is 0.306 e. The zero-order chi connectivity index (χ0) is 14.9. The van der Waals surface area contributed by atoms with Gasteiger partial charge in [0.1, 0.15) is 0 Å². The van der Waals surface area contributed by atoms with E-state index in [9.17, 15) is 4.79 Å². The van der Waals surface area contributed by atoms with Crippen molar-refractivity contribution < 1.29 is 19.0 Å². The van der Waals surface area contributed by atoms with E-state index >= 15 is 0 Å². The maximum Gasteiger partial charge on any atom is 0.306 e. The summed E-state index contributed by atoms with van der Waals surface area (Å²) in [4.78, 5) is 16.1. The molecule has 1 unspecified atom stereocenters. The summed E-state index contributed by atoms with van der Waals surface area (Å²) >= 11 is 0. The van der Waals surface area contributed by atoms with E-state index in [0.717, 1.165) is 71.9 Å². The number of hydrogen-bond acceptors (Lipinski definition) is 6. The van der Waals surface area contributed by atoms with Crippen LogP contribution in [0.25, 0.3) is 0 Å². The van der Waals surface area contributed by atoms with E-state index in [-0.39, 0.29) is 5.97 Å². The van der Waals surface area contributed by atoms with Gasteiger partial charge in [-0.1, -0.05) is 0 Å². The van der Waals surface area contributed by atoms with E-state index in [1.54, 1.807) is 0 Å². The quantitative estimate of drug-likeness (QED) is 0.604. The minimum atomic E-state index is -0.140. The Morgan fingerprint density at radius 2 is 2.10 bits per heavy atom. The van der Waals surface area contributed by atoms with Crippen LogP contribution in [0.2, 0.25) is 0 Å². The molecule has 0 radical (unpaired) electrons. The minimum absolute atomic E-state index is 0.140. The van der Waals surface area contributed by atoms with Crippen molar-refractivity contribution in [2.45, 2.75) is 25.4 Å². The van der Waals surface area contributed by atoms with Crippen LogP contribution in [0.3, 0.4) is 0 Å². The molecule has 122 valence electrons. The molecule has 0 aromatic rings. The predicted octanol–water partition coefficient (Wildman–Crippen LogP) is 0.363. The molecule has 0 amide bonds. The van der Waals surface area contributed by atoms with Gasteiger partial charge in [-0.25, -0.2) is 0 Å². The summed E-state index contributed by atoms with van der Waals surface area (Å²) in [7, 11) is 1.44. The van der Waals surface area contributed by atoms with Gasteiger partial charge in [-0.15, -0.1) is 0 Å². The monoisotopic (exact) mass is 300 g/mol. The van der Waals surface area contributed by atoms with Crippen molar-refractivity contribution in [3.05, 3.63) is 0 Å². The molecule has 2 heterocycles. The van der Waals surface area contributed by atoms with Crippen LogP contribution in [0, 0.1) is 0 Å². The lowest BCUT2D eigenvalue weighted by Gasteiger charge is -2.30. The molecule has 0 aliphatic carbocycles. The van der Waals surface area contributed by atoms with Crippen LogP contribution in [0.5, 0.6) is 0 Å². The molecule has 0 N–H and O–H groups in total. The summed E-state index contributed by atoms with van der Waals surface area (Å²) in [6.07, 6.45) is 3.06. The number of rotatable bonds is 8. The van der Waals surface area contributed by atoms with E-state index in [1.165, 1.54) is 7.11 Å². The fourth-order valence-electron chi connectivity index (χ4n) is 2.83. The molecule has 2 rings (SSSR count). The summed E-state index contributed by atoms with van der Waals surface area (Å²) < 4.78 is 15.8. The van der Waals surface area contributed by atoms with Gasteiger partial charge in [0.05, 0.1) is 32.8 Å². The molecular formula is C15H28N2O4. The highest BCUT2D eigenvalue weighted by Crippen LogP contribution is 2.13. The first kappa shape index (κ1) is 16.7. The Kier molecular flexibility index (Phi) is 7.43. The van der Waals surface area contributed by atoms with E-state index in [1.807, 2.05) is 0 Å². The molecule has 21 heavy (non-hydrogen) atoms. The molecule has 2 aliphatic rings. The summed E-state index contributed by atoms with van der Waals surface area (Å²) in [6, 6.07) is 0. The van der Waals surface area contributed by atoms with Crippen molar-refractivity contribution in [3.8, 4) is 0 Å². The van der Waals surface area contributed by atoms with Crippen LogP contribution in [-0.2, 0) is 19.0 Å². The molecule has 0 bridgehead atoms. The second-order valence-corrected chi connectivity index (χ2v) is 5.72. The number of esters is 1. The van der Waals surface area contributed by atoms with Gasteiger partial charge in [0.25, 0.3) is 0 Å². The summed E-state index contributed by atoms with van der Waals surface area (Å²) in [5.74, 6) is -0.140. The van der Waals surface area contributed by atoms with Crippen molar-refractivity contribution in [1.82, 2.24) is 9.80 Å². The molecule has 0 aromatic heterocycles. The molecule has 2 fully saturated rings. The number of hydrogen-bond donors (Lipinski definition) is 0. The SMILES string of the molecule is COC(=O)CCN(CCN1CCOCC1)CC1CCCO1. The van der Waals surface area contributed by atoms with E-state index < -0.39 is 0 Å². The largest absolute Gasteiger partial charge is 0.469 e. The maximum atomic E-state index is 11.4. The Hall–Kier alpha value is -0.690. The van der Waals surface area contributed by atoms with Gasteiger partial charge in [-0.3, -0.25) is 14.6 Å². The van der Waals surface area contributed by atoms with Crippen molar-refractivity contribution >= 4 is 5.97 Å². The normalized spacial score (nSPS) is 23.6. The standard InChI is InChI=1S/C15H28N2O4/c1-19-15(18)4-5-17(13-14-3-2-10-21-14)7-6-16-8-11-20-12-9-16/h14H,2-13H2,1H3. The molecule has 1 atom stereocenters. The third-order valence-electron chi connectivity index (χ3n) is 4.18. The Morgan fingerprint density at radius 1 is 1.29 bits per heavy atom. The zero-order valence-corrected chi connectivity index (χ0v) is 13.1. The first-order chi connectivity index (χ1) is 10.3. The number of morpholine rings is 1. The van der Waals surface area contributed by atoms with Crippen LogP contribution in [0.15, 0.2) is 0 Å². The van der Waals surface area contributed by atoms with Crippen molar-refractivity contribution in [2.24, 2.45) is 0 Å². The number of methoxy groups -OCH3 is 1. The van der Waals surface area contributed by atoms with Crippen LogP contribution in [0.4, 0.5) is 0 Å². The molecular weight excluding hydrogens is 272 g/mol. The zero-order valence-electron chi connectivity index (χ0n) is 13.1. The lowest BCUT2D eigenvalue weighted by molar-refractivity contribution is -0.141. The lowest BCUT2D eigenvalue weighted by atomic mass is 10.2. The first-order valence-electron chi connectivity index (χ1n) is 7.99. The Balaban J connectivity index is 1.73. The van der Waals surface area contributed by atoms with Crippen LogP contribution in [0.1, 0.15) is 19.3 Å². The van der Waals surface area contributed by atoms with Gasteiger partial charge in [0.2, 0.25) is 0 Å². The Morgan fingerprint density at radius 3 is 2.76 bits per heavy atom. The summed E-state index contributed by atoms with van der Waals surface area (Å²) in [5, 5.41) is 0. The van der Waals surface area contributed by atoms with Crippen molar-refractivity contribution in [3.63, 3.8) is 0 Å². The van der Waals surface area contributed by atoms with Crippen LogP contribution < -0.4 is 0 Å². The molecule has 6 heteroatoms. The summed E-state index contributed by atoms with van der Waals surface area (Å²) in [5.41, 5.74) is 0. The van der Waals surface area contributed by atoms with Crippen molar-refractivity contribution in [1.29, 1.82) is 0 Å². The highest BCUT2D eigenvalue weighted by molar-refractivity contribution is 5.69. The van der Waals surface area contributed by atoms with Crippen LogP contribution in [-0.4, -0.2) is 88.1 Å². The van der Waals surface area contributed by atoms with Gasteiger partial charge in [0, 0.05) is 45.9 Å². The Bertz CT molecular complexity index is 302. The van der Waals surface area contributed by atoms with Gasteiger partial charge >= 0.3 is 5.97 Å². The maximum absolute atomic E-state index is 11.4. The van der Waals surface area contributed by atoms with Gasteiger partial charge < -0.3 is 14.2 Å².